The molecule has 2 aliphatic rings. The lowest BCUT2D eigenvalue weighted by atomic mass is 10.0. The molecule has 0 atom stereocenters. The average molecular weight is 619 g/mol. The summed E-state index contributed by atoms with van der Waals surface area (Å²) in [4.78, 5) is 25.1. The fourth-order valence-corrected chi connectivity index (χ4v) is 6.32. The number of fused-ring (bicyclic) bond motifs is 1. The Bertz CT molecular complexity index is 1590. The van der Waals surface area contributed by atoms with E-state index in [9.17, 15) is 4.39 Å². The van der Waals surface area contributed by atoms with E-state index in [1.807, 2.05) is 41.9 Å². The maximum atomic E-state index is 15.0. The first kappa shape index (κ1) is 30.1. The number of hydrogen-bond donors (Lipinski definition) is 2. The summed E-state index contributed by atoms with van der Waals surface area (Å²) in [7, 11) is 5.77. The van der Waals surface area contributed by atoms with E-state index in [1.54, 1.807) is 19.5 Å². The van der Waals surface area contributed by atoms with Crippen molar-refractivity contribution in [2.45, 2.75) is 18.9 Å². The second kappa shape index (κ2) is 13.4. The van der Waals surface area contributed by atoms with Gasteiger partial charge in [-0.25, -0.2) is 9.37 Å². The zero-order valence-electron chi connectivity index (χ0n) is 25.6. The van der Waals surface area contributed by atoms with Crippen LogP contribution in [0.15, 0.2) is 48.9 Å². The number of methoxy groups -OCH3 is 1. The highest BCUT2D eigenvalue weighted by atomic mass is 32.2. The molecule has 4 aromatic rings. The minimum Gasteiger partial charge on any atom is -0.494 e. The lowest BCUT2D eigenvalue weighted by molar-refractivity contribution is 0.0982. The van der Waals surface area contributed by atoms with Crippen LogP contribution in [0.1, 0.15) is 12.8 Å². The third-order valence-electron chi connectivity index (χ3n) is 8.52. The van der Waals surface area contributed by atoms with E-state index in [1.165, 1.54) is 11.9 Å². The van der Waals surface area contributed by atoms with E-state index < -0.39 is 5.82 Å². The van der Waals surface area contributed by atoms with Crippen LogP contribution in [0.25, 0.3) is 11.0 Å². The van der Waals surface area contributed by atoms with Gasteiger partial charge >= 0.3 is 0 Å². The van der Waals surface area contributed by atoms with Gasteiger partial charge in [0.25, 0.3) is 0 Å². The fraction of sp³-hybridized carbons (Fsp3) is 0.419. The van der Waals surface area contributed by atoms with Gasteiger partial charge in [0, 0.05) is 82.8 Å². The van der Waals surface area contributed by atoms with E-state index in [4.69, 9.17) is 4.74 Å². The van der Waals surface area contributed by atoms with Gasteiger partial charge in [-0.3, -0.25) is 14.9 Å². The van der Waals surface area contributed by atoms with Gasteiger partial charge in [0.1, 0.15) is 11.3 Å². The van der Waals surface area contributed by atoms with Crippen molar-refractivity contribution in [3.8, 4) is 5.75 Å². The molecule has 2 aromatic heterocycles. The SMILES string of the molecule is COc1cc(N2CCC(N3CCN(C)CC3)CC2)ccc1Nc1ncc(F)c(Nc2ccc3nccnc3c2N(C)SC)n1. The highest BCUT2D eigenvalue weighted by molar-refractivity contribution is 7.99. The first-order chi connectivity index (χ1) is 21.4. The number of benzene rings is 2. The molecule has 0 bridgehead atoms. The zero-order valence-corrected chi connectivity index (χ0v) is 26.4. The van der Waals surface area contributed by atoms with Crippen LogP contribution < -0.4 is 24.6 Å². The Morgan fingerprint density at radius 3 is 2.45 bits per heavy atom. The maximum Gasteiger partial charge on any atom is 0.229 e. The molecule has 0 unspecified atom stereocenters. The van der Waals surface area contributed by atoms with Crippen molar-refractivity contribution in [2.24, 2.45) is 0 Å². The summed E-state index contributed by atoms with van der Waals surface area (Å²) in [6.45, 7) is 6.64. The van der Waals surface area contributed by atoms with Gasteiger partial charge < -0.3 is 29.5 Å². The van der Waals surface area contributed by atoms with E-state index in [-0.39, 0.29) is 11.8 Å². The van der Waals surface area contributed by atoms with Gasteiger partial charge in [-0.05, 0) is 44.2 Å². The van der Waals surface area contributed by atoms with Gasteiger partial charge in [-0.1, -0.05) is 11.9 Å². The molecular formula is C31H39FN10OS. The van der Waals surface area contributed by atoms with Crippen molar-refractivity contribution in [1.82, 2.24) is 29.7 Å². The van der Waals surface area contributed by atoms with Crippen LogP contribution in [0.3, 0.4) is 0 Å². The van der Waals surface area contributed by atoms with Gasteiger partial charge in [-0.2, -0.15) is 4.98 Å². The van der Waals surface area contributed by atoms with Crippen LogP contribution >= 0.6 is 11.9 Å². The van der Waals surface area contributed by atoms with E-state index in [0.29, 0.717) is 28.7 Å². The number of rotatable bonds is 9. The Morgan fingerprint density at radius 2 is 1.70 bits per heavy atom. The minimum absolute atomic E-state index is 0.0419. The van der Waals surface area contributed by atoms with E-state index in [0.717, 1.165) is 75.2 Å². The van der Waals surface area contributed by atoms with Crippen LogP contribution in [0, 0.1) is 5.82 Å². The quantitative estimate of drug-likeness (QED) is 0.248. The van der Waals surface area contributed by atoms with Gasteiger partial charge in [-0.15, -0.1) is 0 Å². The van der Waals surface area contributed by atoms with Crippen molar-refractivity contribution in [2.75, 3.05) is 86.6 Å². The highest BCUT2D eigenvalue weighted by Gasteiger charge is 2.27. The third kappa shape index (κ3) is 6.44. The van der Waals surface area contributed by atoms with E-state index in [2.05, 4.69) is 58.4 Å². The predicted molar refractivity (Wildman–Crippen MR) is 177 cm³/mol. The molecule has 2 aromatic carbocycles. The molecule has 0 amide bonds. The lowest BCUT2D eigenvalue weighted by Gasteiger charge is -2.42. The van der Waals surface area contributed by atoms with Gasteiger partial charge in [0.15, 0.2) is 11.6 Å². The number of hydrogen-bond acceptors (Lipinski definition) is 12. The Hall–Kier alpha value is -3.94. The number of halogens is 1. The second-order valence-corrected chi connectivity index (χ2v) is 12.1. The van der Waals surface area contributed by atoms with Gasteiger partial charge in [0.05, 0.1) is 35.9 Å². The molecule has 0 aliphatic carbocycles. The molecule has 2 fully saturated rings. The monoisotopic (exact) mass is 618 g/mol. The van der Waals surface area contributed by atoms with Crippen molar-refractivity contribution < 1.29 is 9.13 Å². The first-order valence-corrected chi connectivity index (χ1v) is 16.1. The highest BCUT2D eigenvalue weighted by Crippen LogP contribution is 2.37. The number of anilines is 6. The van der Waals surface area contributed by atoms with Gasteiger partial charge in [0.2, 0.25) is 5.95 Å². The maximum absolute atomic E-state index is 15.0. The summed E-state index contributed by atoms with van der Waals surface area (Å²) in [6.07, 6.45) is 8.72. The number of aromatic nitrogens is 4. The first-order valence-electron chi connectivity index (χ1n) is 14.9. The summed E-state index contributed by atoms with van der Waals surface area (Å²) < 4.78 is 22.7. The molecule has 11 nitrogen and oxygen atoms in total. The molecule has 2 aliphatic heterocycles. The molecule has 4 heterocycles. The molecule has 44 heavy (non-hydrogen) atoms. The Labute approximate surface area is 262 Å². The number of nitrogens with one attached hydrogen (secondary N) is 2. The Balaban J connectivity index is 1.17. The number of piperazine rings is 1. The number of ether oxygens (including phenoxy) is 1. The van der Waals surface area contributed by atoms with Crippen molar-refractivity contribution in [3.05, 3.63) is 54.7 Å². The molecule has 2 saturated heterocycles. The van der Waals surface area contributed by atoms with Crippen LogP contribution in [-0.4, -0.2) is 103 Å². The van der Waals surface area contributed by atoms with Crippen molar-refractivity contribution in [3.63, 3.8) is 0 Å². The zero-order chi connectivity index (χ0) is 30.6. The molecule has 6 rings (SSSR count). The topological polar surface area (TPSA) is 97.8 Å². The molecule has 0 radical (unpaired) electrons. The predicted octanol–water partition coefficient (Wildman–Crippen LogP) is 4.99. The molecular weight excluding hydrogens is 579 g/mol. The van der Waals surface area contributed by atoms with E-state index >= 15 is 0 Å². The molecule has 13 heteroatoms. The summed E-state index contributed by atoms with van der Waals surface area (Å²) in [6, 6.07) is 10.5. The van der Waals surface area contributed by atoms with Crippen LogP contribution in [0.5, 0.6) is 5.75 Å². The summed E-state index contributed by atoms with van der Waals surface area (Å²) in [5.41, 5.74) is 4.70. The third-order valence-corrected chi connectivity index (χ3v) is 9.25. The average Bonchev–Trinajstić information content (AvgIpc) is 3.06. The molecule has 0 spiro atoms. The van der Waals surface area contributed by atoms with Crippen LogP contribution in [-0.2, 0) is 0 Å². The fourth-order valence-electron chi connectivity index (χ4n) is 5.95. The smallest absolute Gasteiger partial charge is 0.229 e. The molecule has 232 valence electrons. The van der Waals surface area contributed by atoms with Crippen LogP contribution in [0.4, 0.5) is 38.9 Å². The normalized spacial score (nSPS) is 16.7. The summed E-state index contributed by atoms with van der Waals surface area (Å²) >= 11 is 1.51. The number of piperidine rings is 1. The standard InChI is InChI=1S/C31H39FN10OS/c1-39-15-17-42(18-16-39)21-9-13-41(14-10-21)22-5-6-24(27(19-22)43-3)37-31-35-20-23(32)30(38-31)36-26-8-7-25-28(34-12-11-33-25)29(26)40(2)44-4/h5-8,11-12,19-21H,9-10,13-18H2,1-4H3,(H2,35,36,37,38). The van der Waals surface area contributed by atoms with Crippen molar-refractivity contribution in [1.29, 1.82) is 0 Å². The Morgan fingerprint density at radius 1 is 0.955 bits per heavy atom. The van der Waals surface area contributed by atoms with Crippen molar-refractivity contribution >= 4 is 57.5 Å². The molecule has 0 saturated carbocycles. The number of nitrogens with zero attached hydrogens (tertiary/aromatic N) is 8. The second-order valence-electron chi connectivity index (χ2n) is 11.1. The molecule has 2 N–H and O–H groups in total. The van der Waals surface area contributed by atoms with Crippen LogP contribution in [0.2, 0.25) is 0 Å². The lowest BCUT2D eigenvalue weighted by Crippen LogP contribution is -2.52. The summed E-state index contributed by atoms with van der Waals surface area (Å²) in [5.74, 6) is 0.381. The largest absolute Gasteiger partial charge is 0.494 e. The summed E-state index contributed by atoms with van der Waals surface area (Å²) in [5, 5.41) is 6.37. The minimum atomic E-state index is -0.574. The number of likely N-dealkylation sites (N-methyl/N-ethyl adjacent to an activating group) is 1. The Kier molecular flexibility index (Phi) is 9.14.